The van der Waals surface area contributed by atoms with E-state index < -0.39 is 12.1 Å². The first-order valence-corrected chi connectivity index (χ1v) is 41.1. The van der Waals surface area contributed by atoms with E-state index in [0.717, 1.165) is 44.9 Å². The summed E-state index contributed by atoms with van der Waals surface area (Å²) in [7, 11) is 0. The number of carbonyl (C=O) groups excluding carboxylic acids is 2. The van der Waals surface area contributed by atoms with E-state index in [1.165, 1.54) is 392 Å². The van der Waals surface area contributed by atoms with Crippen LogP contribution in [0.25, 0.3) is 0 Å². The molecule has 89 heavy (non-hydrogen) atoms. The number of rotatable bonds is 78. The highest BCUT2D eigenvalue weighted by Crippen LogP contribution is 2.20. The third-order valence-electron chi connectivity index (χ3n) is 19.5. The Morgan fingerprint density at radius 3 is 0.798 bits per heavy atom. The van der Waals surface area contributed by atoms with Crippen LogP contribution in [0.3, 0.4) is 0 Å². The van der Waals surface area contributed by atoms with Crippen LogP contribution in [-0.2, 0) is 14.3 Å². The maximum absolute atomic E-state index is 12.6. The van der Waals surface area contributed by atoms with Crippen LogP contribution in [0.15, 0.2) is 24.3 Å². The van der Waals surface area contributed by atoms with E-state index in [1.54, 1.807) is 0 Å². The average molecular weight is 1250 g/mol. The van der Waals surface area contributed by atoms with E-state index in [4.69, 9.17) is 4.74 Å². The van der Waals surface area contributed by atoms with Gasteiger partial charge in [0.2, 0.25) is 5.91 Å². The Morgan fingerprint density at radius 2 is 0.528 bits per heavy atom. The van der Waals surface area contributed by atoms with Gasteiger partial charge in [-0.1, -0.05) is 404 Å². The summed E-state index contributed by atoms with van der Waals surface area (Å²) in [6, 6.07) is -0.538. The Labute approximate surface area is 558 Å². The summed E-state index contributed by atoms with van der Waals surface area (Å²) in [6.45, 7) is 4.99. The minimum absolute atomic E-state index is 0.0148. The van der Waals surface area contributed by atoms with Crippen molar-refractivity contribution in [3.8, 4) is 0 Å². The number of amides is 1. The number of nitrogens with one attached hydrogen (secondary N) is 1. The number of hydrogen-bond acceptors (Lipinski definition) is 5. The smallest absolute Gasteiger partial charge is 0.305 e. The van der Waals surface area contributed by atoms with Crippen molar-refractivity contribution in [1.29, 1.82) is 0 Å². The number of esters is 1. The molecule has 3 N–H and O–H groups in total. The van der Waals surface area contributed by atoms with Crippen LogP contribution < -0.4 is 5.32 Å². The van der Waals surface area contributed by atoms with Gasteiger partial charge < -0.3 is 20.3 Å². The van der Waals surface area contributed by atoms with Crippen molar-refractivity contribution in [3.05, 3.63) is 24.3 Å². The Kier molecular flexibility index (Phi) is 77.3. The molecular formula is C83H161NO5. The summed E-state index contributed by atoms with van der Waals surface area (Å²) in [5.41, 5.74) is 0. The largest absolute Gasteiger partial charge is 0.466 e. The van der Waals surface area contributed by atoms with Gasteiger partial charge in [0.1, 0.15) is 0 Å². The number of carbonyl (C=O) groups is 2. The van der Waals surface area contributed by atoms with E-state index in [-0.39, 0.29) is 18.5 Å². The second-order valence-electron chi connectivity index (χ2n) is 28.5. The molecule has 528 valence electrons. The first-order valence-electron chi connectivity index (χ1n) is 41.1. The number of unbranched alkanes of at least 4 members (excludes halogenated alkanes) is 63. The van der Waals surface area contributed by atoms with Crippen molar-refractivity contribution in [2.24, 2.45) is 0 Å². The highest BCUT2D eigenvalue weighted by Gasteiger charge is 2.20. The molecular weight excluding hydrogens is 1090 g/mol. The SMILES string of the molecule is CCCCCCC/C=C\CCCCCCCC(=O)OCCCCCCCCCCCCCCCCCCCC/C=C\CCCCCCCCCCCCCCCCCCCC(=O)NC(CO)C(O)CCCCCCCCCCCCCCCCCCCCC. The van der Waals surface area contributed by atoms with Gasteiger partial charge in [0.15, 0.2) is 0 Å². The van der Waals surface area contributed by atoms with Crippen LogP contribution >= 0.6 is 0 Å². The van der Waals surface area contributed by atoms with E-state index in [9.17, 15) is 19.8 Å². The van der Waals surface area contributed by atoms with Crippen LogP contribution in [0, 0.1) is 0 Å². The second-order valence-corrected chi connectivity index (χ2v) is 28.5. The molecule has 0 fully saturated rings. The van der Waals surface area contributed by atoms with Crippen molar-refractivity contribution >= 4 is 11.9 Å². The summed E-state index contributed by atoms with van der Waals surface area (Å²) in [4.78, 5) is 24.6. The molecule has 6 nitrogen and oxygen atoms in total. The van der Waals surface area contributed by atoms with Crippen molar-refractivity contribution in [1.82, 2.24) is 5.32 Å². The molecule has 0 radical (unpaired) electrons. The maximum Gasteiger partial charge on any atom is 0.305 e. The number of aliphatic hydroxyl groups excluding tert-OH is 2. The first-order chi connectivity index (χ1) is 44.0. The standard InChI is InChI=1S/C83H161NO5/c1-3-5-7-9-11-13-15-17-19-20-42-45-48-51-55-59-63-67-71-75-81(86)80(79-85)84-82(87)76-72-68-64-60-56-52-49-46-43-40-38-36-34-32-30-28-26-24-22-21-23-25-27-29-31-33-35-37-39-41-44-47-50-54-58-62-66-70-74-78-89-83(88)77-73-69-65-61-57-53-18-16-14-12-10-8-6-4-2/h16,18,21-22,80-81,85-86H,3-15,17,19-20,23-79H2,1-2H3,(H,84,87)/b18-16-,22-21-. The zero-order valence-corrected chi connectivity index (χ0v) is 60.7. The molecule has 0 aliphatic heterocycles. The third kappa shape index (κ3) is 75.3. The summed E-state index contributed by atoms with van der Waals surface area (Å²) >= 11 is 0. The molecule has 0 spiro atoms. The minimum atomic E-state index is -0.662. The van der Waals surface area contributed by atoms with Crippen molar-refractivity contribution in [2.75, 3.05) is 13.2 Å². The molecule has 1 amide bonds. The lowest BCUT2D eigenvalue weighted by atomic mass is 10.0. The van der Waals surface area contributed by atoms with Gasteiger partial charge >= 0.3 is 5.97 Å². The number of allylic oxidation sites excluding steroid dienone is 4. The van der Waals surface area contributed by atoms with Gasteiger partial charge in [0.05, 0.1) is 25.4 Å². The van der Waals surface area contributed by atoms with E-state index >= 15 is 0 Å². The molecule has 0 saturated heterocycles. The lowest BCUT2D eigenvalue weighted by molar-refractivity contribution is -0.143. The Morgan fingerprint density at radius 1 is 0.303 bits per heavy atom. The van der Waals surface area contributed by atoms with Gasteiger partial charge in [-0.25, -0.2) is 0 Å². The average Bonchev–Trinajstić information content (AvgIpc) is 3.63. The predicted octanol–water partition coefficient (Wildman–Crippen LogP) is 27.2. The Bertz CT molecular complexity index is 1400. The van der Waals surface area contributed by atoms with Gasteiger partial charge in [-0.3, -0.25) is 9.59 Å². The number of aliphatic hydroxyl groups is 2. The minimum Gasteiger partial charge on any atom is -0.466 e. The van der Waals surface area contributed by atoms with E-state index in [1.807, 2.05) is 0 Å². The van der Waals surface area contributed by atoms with Crippen LogP contribution in [0.5, 0.6) is 0 Å². The van der Waals surface area contributed by atoms with Gasteiger partial charge in [0.25, 0.3) is 0 Å². The molecule has 6 heteroatoms. The molecule has 0 aromatic carbocycles. The van der Waals surface area contributed by atoms with Crippen molar-refractivity contribution in [2.45, 2.75) is 482 Å². The monoisotopic (exact) mass is 1250 g/mol. The lowest BCUT2D eigenvalue weighted by Gasteiger charge is -2.22. The van der Waals surface area contributed by atoms with Crippen LogP contribution in [0.2, 0.25) is 0 Å². The summed E-state index contributed by atoms with van der Waals surface area (Å²) in [5.74, 6) is -0.0108. The maximum atomic E-state index is 12.6. The zero-order chi connectivity index (χ0) is 64.2. The summed E-state index contributed by atoms with van der Waals surface area (Å²) in [5, 5.41) is 23.4. The second kappa shape index (κ2) is 78.8. The normalized spacial score (nSPS) is 12.5. The molecule has 0 aliphatic rings. The Balaban J connectivity index is 3.32. The number of ether oxygens (including phenoxy) is 1. The fourth-order valence-corrected chi connectivity index (χ4v) is 13.2. The fraction of sp³-hybridized carbons (Fsp3) is 0.928. The molecule has 0 bridgehead atoms. The van der Waals surface area contributed by atoms with Gasteiger partial charge in [0, 0.05) is 12.8 Å². The fourth-order valence-electron chi connectivity index (χ4n) is 13.2. The van der Waals surface area contributed by atoms with Crippen LogP contribution in [0.1, 0.15) is 470 Å². The molecule has 0 aromatic rings. The summed E-state index contributed by atoms with van der Waals surface area (Å²) in [6.07, 6.45) is 101. The quantitative estimate of drug-likeness (QED) is 0.0320. The molecule has 2 unspecified atom stereocenters. The first kappa shape index (κ1) is 87.3. The third-order valence-corrected chi connectivity index (χ3v) is 19.5. The van der Waals surface area contributed by atoms with Gasteiger partial charge in [-0.05, 0) is 77.0 Å². The highest BCUT2D eigenvalue weighted by atomic mass is 16.5. The van der Waals surface area contributed by atoms with Crippen LogP contribution in [0.4, 0.5) is 0 Å². The topological polar surface area (TPSA) is 95.9 Å². The molecule has 0 aromatic heterocycles. The van der Waals surface area contributed by atoms with Crippen LogP contribution in [-0.4, -0.2) is 47.4 Å². The molecule has 0 rings (SSSR count). The molecule has 0 heterocycles. The van der Waals surface area contributed by atoms with Crippen molar-refractivity contribution in [3.63, 3.8) is 0 Å². The summed E-state index contributed by atoms with van der Waals surface area (Å²) < 4.78 is 5.50. The molecule has 2 atom stereocenters. The number of hydrogen-bond donors (Lipinski definition) is 3. The van der Waals surface area contributed by atoms with Gasteiger partial charge in [-0.2, -0.15) is 0 Å². The Hall–Kier alpha value is -1.66. The lowest BCUT2D eigenvalue weighted by Crippen LogP contribution is -2.45. The van der Waals surface area contributed by atoms with E-state index in [0.29, 0.717) is 25.9 Å². The van der Waals surface area contributed by atoms with Gasteiger partial charge in [-0.15, -0.1) is 0 Å². The molecule has 0 aliphatic carbocycles. The molecule has 0 saturated carbocycles. The predicted molar refractivity (Wildman–Crippen MR) is 393 cm³/mol. The van der Waals surface area contributed by atoms with E-state index in [2.05, 4.69) is 43.5 Å². The highest BCUT2D eigenvalue weighted by molar-refractivity contribution is 5.76. The zero-order valence-electron chi connectivity index (χ0n) is 60.7. The van der Waals surface area contributed by atoms with Crippen molar-refractivity contribution < 1.29 is 24.5 Å².